The Labute approximate surface area is 149 Å². The summed E-state index contributed by atoms with van der Waals surface area (Å²) in [4.78, 5) is 22.4. The lowest BCUT2D eigenvalue weighted by Crippen LogP contribution is -2.22. The first-order chi connectivity index (χ1) is 11.4. The molecule has 0 aliphatic carbocycles. The fourth-order valence-electron chi connectivity index (χ4n) is 2.58. The number of hydrogen-bond acceptors (Lipinski definition) is 5. The minimum absolute atomic E-state index is 0.337. The number of nitrogens with zero attached hydrogens (tertiary/aromatic N) is 2. The second-order valence-electron chi connectivity index (χ2n) is 5.85. The molecular weight excluding hydrogens is 338 g/mol. The summed E-state index contributed by atoms with van der Waals surface area (Å²) in [5, 5.41) is 1.49. The van der Waals surface area contributed by atoms with Crippen LogP contribution in [0, 0.1) is 20.8 Å². The third kappa shape index (κ3) is 3.03. The molecule has 1 atom stereocenters. The molecule has 2 heterocycles. The zero-order chi connectivity index (χ0) is 17.4. The van der Waals surface area contributed by atoms with Gasteiger partial charge in [0.05, 0.1) is 10.6 Å². The Balaban J connectivity index is 2.22. The smallest absolute Gasteiger partial charge is 0.230 e. The summed E-state index contributed by atoms with van der Waals surface area (Å²) in [6.07, 6.45) is 1.55. The molecule has 1 unspecified atom stereocenters. The van der Waals surface area contributed by atoms with Crippen LogP contribution in [0.2, 0.25) is 0 Å². The summed E-state index contributed by atoms with van der Waals surface area (Å²) in [7, 11) is 0. The number of amides is 1. The maximum Gasteiger partial charge on any atom is 0.230 e. The van der Waals surface area contributed by atoms with Gasteiger partial charge in [0.2, 0.25) is 5.91 Å². The zero-order valence-corrected chi connectivity index (χ0v) is 15.7. The van der Waals surface area contributed by atoms with Gasteiger partial charge in [0.1, 0.15) is 16.2 Å². The monoisotopic (exact) mass is 357 g/mol. The number of rotatable bonds is 4. The average molecular weight is 358 g/mol. The minimum atomic E-state index is -0.341. The van der Waals surface area contributed by atoms with E-state index in [1.54, 1.807) is 24.6 Å². The van der Waals surface area contributed by atoms with E-state index >= 15 is 0 Å². The molecule has 0 bridgehead atoms. The van der Waals surface area contributed by atoms with E-state index in [4.69, 9.17) is 5.73 Å². The third-order valence-corrected chi connectivity index (χ3v) is 6.25. The SMILES string of the molecule is Cc1ccc(-c2c(C)sc3ncnc(SC(C)C(N)=O)c23)cc1C. The van der Waals surface area contributed by atoms with E-state index in [-0.39, 0.29) is 11.2 Å². The molecule has 6 heteroatoms. The van der Waals surface area contributed by atoms with Gasteiger partial charge in [-0.25, -0.2) is 9.97 Å². The topological polar surface area (TPSA) is 68.9 Å². The molecule has 124 valence electrons. The van der Waals surface area contributed by atoms with Crippen molar-refractivity contribution in [1.29, 1.82) is 0 Å². The molecule has 0 fully saturated rings. The van der Waals surface area contributed by atoms with Crippen LogP contribution in [0.15, 0.2) is 29.6 Å². The first-order valence-corrected chi connectivity index (χ1v) is 9.35. The number of thioether (sulfide) groups is 1. The molecule has 0 radical (unpaired) electrons. The van der Waals surface area contributed by atoms with E-state index in [0.717, 1.165) is 26.4 Å². The van der Waals surface area contributed by atoms with Crippen molar-refractivity contribution in [3.8, 4) is 11.1 Å². The van der Waals surface area contributed by atoms with E-state index in [2.05, 4.69) is 48.9 Å². The van der Waals surface area contributed by atoms with Crippen LogP contribution >= 0.6 is 23.1 Å². The number of aromatic nitrogens is 2. The Morgan fingerprint density at radius 3 is 2.62 bits per heavy atom. The highest BCUT2D eigenvalue weighted by Gasteiger charge is 2.20. The lowest BCUT2D eigenvalue weighted by Gasteiger charge is -2.10. The van der Waals surface area contributed by atoms with Gasteiger partial charge in [-0.15, -0.1) is 11.3 Å². The summed E-state index contributed by atoms with van der Waals surface area (Å²) >= 11 is 3.04. The number of hydrogen-bond donors (Lipinski definition) is 1. The zero-order valence-electron chi connectivity index (χ0n) is 14.1. The summed E-state index contributed by atoms with van der Waals surface area (Å²) in [6, 6.07) is 6.47. The minimum Gasteiger partial charge on any atom is -0.369 e. The van der Waals surface area contributed by atoms with E-state index in [1.807, 2.05) is 0 Å². The van der Waals surface area contributed by atoms with Crippen LogP contribution in [0.25, 0.3) is 21.3 Å². The molecule has 1 aromatic carbocycles. The Morgan fingerprint density at radius 1 is 1.21 bits per heavy atom. The lowest BCUT2D eigenvalue weighted by molar-refractivity contribution is -0.117. The number of nitrogens with two attached hydrogens (primary N) is 1. The Morgan fingerprint density at radius 2 is 1.96 bits per heavy atom. The van der Waals surface area contributed by atoms with Crippen LogP contribution in [-0.4, -0.2) is 21.1 Å². The highest BCUT2D eigenvalue weighted by atomic mass is 32.2. The number of thiophene rings is 1. The van der Waals surface area contributed by atoms with E-state index in [9.17, 15) is 4.79 Å². The van der Waals surface area contributed by atoms with Crippen molar-refractivity contribution >= 4 is 39.2 Å². The van der Waals surface area contributed by atoms with Gasteiger partial charge in [0, 0.05) is 10.4 Å². The second kappa shape index (κ2) is 6.53. The van der Waals surface area contributed by atoms with Crippen LogP contribution in [0.1, 0.15) is 22.9 Å². The van der Waals surface area contributed by atoms with Crippen LogP contribution in [-0.2, 0) is 4.79 Å². The van der Waals surface area contributed by atoms with Gasteiger partial charge in [-0.1, -0.05) is 30.0 Å². The maximum atomic E-state index is 11.4. The van der Waals surface area contributed by atoms with Gasteiger partial charge in [-0.2, -0.15) is 0 Å². The summed E-state index contributed by atoms with van der Waals surface area (Å²) < 4.78 is 0. The molecule has 0 saturated carbocycles. The van der Waals surface area contributed by atoms with Gasteiger partial charge in [-0.3, -0.25) is 4.79 Å². The van der Waals surface area contributed by atoms with Crippen molar-refractivity contribution in [2.45, 2.75) is 38.0 Å². The van der Waals surface area contributed by atoms with Crippen molar-refractivity contribution in [1.82, 2.24) is 9.97 Å². The Hall–Kier alpha value is -1.92. The number of aryl methyl sites for hydroxylation is 3. The highest BCUT2D eigenvalue weighted by molar-refractivity contribution is 8.00. The standard InChI is InChI=1S/C18H19N3OS2/c1-9-5-6-13(7-10(9)2)14-11(3)23-17-15(14)18(21-8-20-17)24-12(4)16(19)22/h5-8,12H,1-4H3,(H2,19,22). The molecule has 3 rings (SSSR count). The molecule has 2 aromatic heterocycles. The van der Waals surface area contributed by atoms with Crippen molar-refractivity contribution in [3.63, 3.8) is 0 Å². The van der Waals surface area contributed by atoms with Gasteiger partial charge >= 0.3 is 0 Å². The molecule has 2 N–H and O–H groups in total. The Kier molecular flexibility index (Phi) is 4.60. The molecule has 0 spiro atoms. The van der Waals surface area contributed by atoms with Gasteiger partial charge < -0.3 is 5.73 Å². The number of carbonyl (C=O) groups is 1. The molecule has 4 nitrogen and oxygen atoms in total. The fourth-order valence-corrected chi connectivity index (χ4v) is 4.53. The number of carbonyl (C=O) groups excluding carboxylic acids is 1. The summed E-state index contributed by atoms with van der Waals surface area (Å²) in [5.74, 6) is -0.341. The number of benzene rings is 1. The maximum absolute atomic E-state index is 11.4. The predicted octanol–water partition coefficient (Wildman–Crippen LogP) is 4.25. The molecular formula is C18H19N3OS2. The van der Waals surface area contributed by atoms with Gasteiger partial charge in [0.15, 0.2) is 0 Å². The number of fused-ring (bicyclic) bond motifs is 1. The lowest BCUT2D eigenvalue weighted by atomic mass is 9.99. The molecule has 24 heavy (non-hydrogen) atoms. The first-order valence-electron chi connectivity index (χ1n) is 7.66. The molecule has 0 aliphatic heterocycles. The van der Waals surface area contributed by atoms with Crippen molar-refractivity contribution in [2.24, 2.45) is 5.73 Å². The van der Waals surface area contributed by atoms with E-state index in [0.29, 0.717) is 0 Å². The van der Waals surface area contributed by atoms with Crippen LogP contribution < -0.4 is 5.73 Å². The largest absolute Gasteiger partial charge is 0.369 e. The van der Waals surface area contributed by atoms with Crippen molar-refractivity contribution < 1.29 is 4.79 Å². The second-order valence-corrected chi connectivity index (χ2v) is 8.39. The molecule has 0 saturated heterocycles. The quantitative estimate of drug-likeness (QED) is 0.560. The van der Waals surface area contributed by atoms with Crippen LogP contribution in [0.3, 0.4) is 0 Å². The number of primary amides is 1. The Bertz CT molecular complexity index is 933. The van der Waals surface area contributed by atoms with Crippen LogP contribution in [0.4, 0.5) is 0 Å². The normalized spacial score (nSPS) is 12.5. The first kappa shape index (κ1) is 16.9. The summed E-state index contributed by atoms with van der Waals surface area (Å²) in [6.45, 7) is 8.12. The van der Waals surface area contributed by atoms with Crippen molar-refractivity contribution in [2.75, 3.05) is 0 Å². The molecule has 3 aromatic rings. The fraction of sp³-hybridized carbons (Fsp3) is 0.278. The van der Waals surface area contributed by atoms with Crippen molar-refractivity contribution in [3.05, 3.63) is 40.5 Å². The molecule has 1 amide bonds. The highest BCUT2D eigenvalue weighted by Crippen LogP contribution is 2.42. The van der Waals surface area contributed by atoms with E-state index < -0.39 is 0 Å². The summed E-state index contributed by atoms with van der Waals surface area (Å²) in [5.41, 5.74) is 10.2. The average Bonchev–Trinajstić information content (AvgIpc) is 2.87. The predicted molar refractivity (Wildman–Crippen MR) is 102 cm³/mol. The van der Waals surface area contributed by atoms with Gasteiger partial charge in [0.25, 0.3) is 0 Å². The van der Waals surface area contributed by atoms with Crippen LogP contribution in [0.5, 0.6) is 0 Å². The van der Waals surface area contributed by atoms with E-state index in [1.165, 1.54) is 27.8 Å². The van der Waals surface area contributed by atoms with Gasteiger partial charge in [-0.05, 0) is 44.4 Å². The third-order valence-electron chi connectivity index (χ3n) is 4.11. The molecule has 0 aliphatic rings.